The number of carbonyl (C=O) groups excluding carboxylic acids is 1. The highest BCUT2D eigenvalue weighted by Gasteiger charge is 2.27. The minimum absolute atomic E-state index is 0.0342. The Bertz CT molecular complexity index is 882. The highest BCUT2D eigenvalue weighted by molar-refractivity contribution is 5.97. The van der Waals surface area contributed by atoms with Crippen LogP contribution in [0.3, 0.4) is 0 Å². The van der Waals surface area contributed by atoms with Gasteiger partial charge in [-0.15, -0.1) is 0 Å². The number of aryl methyl sites for hydroxylation is 2. The molecule has 118 valence electrons. The molecule has 0 radical (unpaired) electrons. The number of piperazine rings is 1. The summed E-state index contributed by atoms with van der Waals surface area (Å²) >= 11 is 0. The van der Waals surface area contributed by atoms with Crippen molar-refractivity contribution in [2.45, 2.75) is 6.92 Å². The number of fused-ring (bicyclic) bond motifs is 1. The molecule has 0 aromatic carbocycles. The second-order valence-electron chi connectivity index (χ2n) is 5.57. The Morgan fingerprint density at radius 1 is 1.22 bits per heavy atom. The third kappa shape index (κ3) is 2.30. The van der Waals surface area contributed by atoms with E-state index in [4.69, 9.17) is 0 Å². The van der Waals surface area contributed by atoms with Gasteiger partial charge in [0, 0.05) is 38.1 Å². The minimum Gasteiger partial charge on any atom is -0.345 e. The second kappa shape index (κ2) is 5.04. The van der Waals surface area contributed by atoms with Crippen LogP contribution < -0.4 is 9.80 Å². The Balaban J connectivity index is 1.63. The lowest BCUT2D eigenvalue weighted by Crippen LogP contribution is -2.51. The molecule has 0 saturated carbocycles. The molecule has 1 saturated heterocycles. The van der Waals surface area contributed by atoms with Gasteiger partial charge in [0.15, 0.2) is 0 Å². The maximum Gasteiger partial charge on any atom is 0.254 e. The number of nitrogens with zero attached hydrogens (tertiary/aromatic N) is 8. The van der Waals surface area contributed by atoms with Gasteiger partial charge in [0.1, 0.15) is 12.1 Å². The molecular formula is C14H16N8O. The molecule has 9 heteroatoms. The van der Waals surface area contributed by atoms with E-state index in [-0.39, 0.29) is 12.5 Å². The fourth-order valence-corrected chi connectivity index (χ4v) is 2.83. The van der Waals surface area contributed by atoms with Crippen LogP contribution in [0, 0.1) is 6.92 Å². The number of hydrogen-bond donors (Lipinski definition) is 0. The van der Waals surface area contributed by atoms with Crippen molar-refractivity contribution in [1.82, 2.24) is 29.4 Å². The first-order chi connectivity index (χ1) is 11.1. The van der Waals surface area contributed by atoms with Gasteiger partial charge in [-0.3, -0.25) is 9.48 Å². The summed E-state index contributed by atoms with van der Waals surface area (Å²) in [6.07, 6.45) is 5.03. The van der Waals surface area contributed by atoms with E-state index in [1.807, 2.05) is 31.1 Å². The topological polar surface area (TPSA) is 84.5 Å². The number of hydrogen-bond acceptors (Lipinski definition) is 6. The van der Waals surface area contributed by atoms with Gasteiger partial charge in [0.25, 0.3) is 5.78 Å². The summed E-state index contributed by atoms with van der Waals surface area (Å²) in [6, 6.07) is 1.93. The van der Waals surface area contributed by atoms with E-state index < -0.39 is 0 Å². The first kappa shape index (κ1) is 13.7. The normalized spacial score (nSPS) is 15.7. The fraction of sp³-hybridized carbons (Fsp3) is 0.357. The summed E-state index contributed by atoms with van der Waals surface area (Å²) in [5, 5.41) is 8.33. The van der Waals surface area contributed by atoms with E-state index in [1.165, 1.54) is 6.33 Å². The molecule has 23 heavy (non-hydrogen) atoms. The van der Waals surface area contributed by atoms with Crippen LogP contribution in [0.15, 0.2) is 24.8 Å². The Morgan fingerprint density at radius 3 is 2.83 bits per heavy atom. The van der Waals surface area contributed by atoms with Gasteiger partial charge in [-0.05, 0) is 6.92 Å². The summed E-state index contributed by atoms with van der Waals surface area (Å²) in [5.74, 6) is 1.42. The highest BCUT2D eigenvalue weighted by Crippen LogP contribution is 2.21. The number of amides is 1. The molecule has 4 heterocycles. The van der Waals surface area contributed by atoms with Crippen molar-refractivity contribution in [3.63, 3.8) is 0 Å². The van der Waals surface area contributed by atoms with Crippen LogP contribution in [0.1, 0.15) is 5.69 Å². The van der Waals surface area contributed by atoms with Crippen LogP contribution in [0.4, 0.5) is 11.5 Å². The summed E-state index contributed by atoms with van der Waals surface area (Å²) < 4.78 is 3.36. The Labute approximate surface area is 132 Å². The predicted molar refractivity (Wildman–Crippen MR) is 83.3 cm³/mol. The SMILES string of the molecule is Cc1cc(N2CCN(c3cnn(C)c3)C(=O)C2)n2ncnc2n1. The Hall–Kier alpha value is -2.97. The molecular weight excluding hydrogens is 296 g/mol. The van der Waals surface area contributed by atoms with Crippen LogP contribution in [0.2, 0.25) is 0 Å². The average molecular weight is 312 g/mol. The van der Waals surface area contributed by atoms with Gasteiger partial charge in [-0.1, -0.05) is 0 Å². The van der Waals surface area contributed by atoms with Crippen molar-refractivity contribution in [3.05, 3.63) is 30.5 Å². The lowest BCUT2D eigenvalue weighted by Gasteiger charge is -2.34. The molecule has 3 aromatic rings. The molecule has 4 rings (SSSR count). The number of anilines is 2. The first-order valence-corrected chi connectivity index (χ1v) is 7.33. The van der Waals surface area contributed by atoms with E-state index in [2.05, 4.69) is 20.2 Å². The van der Waals surface area contributed by atoms with Crippen LogP contribution in [0.5, 0.6) is 0 Å². The van der Waals surface area contributed by atoms with E-state index in [0.717, 1.165) is 17.2 Å². The zero-order valence-corrected chi connectivity index (χ0v) is 12.9. The fourth-order valence-electron chi connectivity index (χ4n) is 2.83. The zero-order valence-electron chi connectivity index (χ0n) is 12.9. The summed E-state index contributed by atoms with van der Waals surface area (Å²) in [4.78, 5) is 24.8. The second-order valence-corrected chi connectivity index (χ2v) is 5.57. The predicted octanol–water partition coefficient (Wildman–Crippen LogP) is 0.0194. The van der Waals surface area contributed by atoms with Crippen LogP contribution in [0.25, 0.3) is 5.78 Å². The molecule has 3 aromatic heterocycles. The standard InChI is InChI=1S/C14H16N8O/c1-10-5-12(22-14(18-10)15-9-17-22)20-3-4-21(13(23)8-20)11-6-16-19(2)7-11/h5-7,9H,3-4,8H2,1-2H3. The molecule has 0 N–H and O–H groups in total. The van der Waals surface area contributed by atoms with E-state index >= 15 is 0 Å². The van der Waals surface area contributed by atoms with E-state index in [9.17, 15) is 4.79 Å². The minimum atomic E-state index is 0.0342. The molecule has 0 aliphatic carbocycles. The molecule has 0 unspecified atom stereocenters. The maximum atomic E-state index is 12.5. The number of aromatic nitrogens is 6. The lowest BCUT2D eigenvalue weighted by molar-refractivity contribution is -0.117. The smallest absolute Gasteiger partial charge is 0.254 e. The van der Waals surface area contributed by atoms with Crippen LogP contribution >= 0.6 is 0 Å². The zero-order chi connectivity index (χ0) is 16.0. The summed E-state index contributed by atoms with van der Waals surface area (Å²) in [7, 11) is 1.84. The van der Waals surface area contributed by atoms with Gasteiger partial charge in [0.05, 0.1) is 18.4 Å². The first-order valence-electron chi connectivity index (χ1n) is 7.33. The van der Waals surface area contributed by atoms with Crippen LogP contribution in [-0.2, 0) is 11.8 Å². The molecule has 1 amide bonds. The van der Waals surface area contributed by atoms with Gasteiger partial charge < -0.3 is 9.80 Å². The molecule has 1 aliphatic heterocycles. The Kier molecular flexibility index (Phi) is 3.00. The molecule has 0 bridgehead atoms. The third-order valence-electron chi connectivity index (χ3n) is 3.91. The van der Waals surface area contributed by atoms with Crippen molar-refractivity contribution < 1.29 is 4.79 Å². The molecule has 0 spiro atoms. The molecule has 1 fully saturated rings. The van der Waals surface area contributed by atoms with Gasteiger partial charge in [-0.2, -0.15) is 19.7 Å². The van der Waals surface area contributed by atoms with Crippen molar-refractivity contribution in [2.24, 2.45) is 7.05 Å². The van der Waals surface area contributed by atoms with E-state index in [0.29, 0.717) is 18.9 Å². The molecule has 0 atom stereocenters. The van der Waals surface area contributed by atoms with Crippen LogP contribution in [-0.4, -0.2) is 54.9 Å². The third-order valence-corrected chi connectivity index (χ3v) is 3.91. The molecule has 1 aliphatic rings. The van der Waals surface area contributed by atoms with Crippen molar-refractivity contribution in [1.29, 1.82) is 0 Å². The van der Waals surface area contributed by atoms with Gasteiger partial charge in [-0.25, -0.2) is 4.98 Å². The monoisotopic (exact) mass is 312 g/mol. The van der Waals surface area contributed by atoms with Crippen molar-refractivity contribution in [3.8, 4) is 0 Å². The van der Waals surface area contributed by atoms with Gasteiger partial charge in [0.2, 0.25) is 5.91 Å². The molecule has 9 nitrogen and oxygen atoms in total. The quantitative estimate of drug-likeness (QED) is 0.663. The maximum absolute atomic E-state index is 12.5. The van der Waals surface area contributed by atoms with Gasteiger partial charge >= 0.3 is 0 Å². The largest absolute Gasteiger partial charge is 0.345 e. The Morgan fingerprint density at radius 2 is 2.09 bits per heavy atom. The number of carbonyl (C=O) groups is 1. The summed E-state index contributed by atoms with van der Waals surface area (Å²) in [5.41, 5.74) is 1.68. The average Bonchev–Trinajstić information content (AvgIpc) is 3.15. The summed E-state index contributed by atoms with van der Waals surface area (Å²) in [6.45, 7) is 3.50. The highest BCUT2D eigenvalue weighted by atomic mass is 16.2. The number of rotatable bonds is 2. The van der Waals surface area contributed by atoms with Crippen molar-refractivity contribution in [2.75, 3.05) is 29.4 Å². The lowest BCUT2D eigenvalue weighted by atomic mass is 10.2. The van der Waals surface area contributed by atoms with E-state index in [1.54, 1.807) is 20.3 Å². The van der Waals surface area contributed by atoms with Crippen molar-refractivity contribution >= 4 is 23.2 Å².